The first-order chi connectivity index (χ1) is 6.11. The zero-order valence-electron chi connectivity index (χ0n) is 8.97. The van der Waals surface area contributed by atoms with E-state index in [0.717, 1.165) is 25.7 Å². The quantitative estimate of drug-likeness (QED) is 0.659. The Bertz CT molecular complexity index is 148. The maximum Gasteiger partial charge on any atom is 0.237 e. The number of carbonyl (C=O) groups is 1. The van der Waals surface area contributed by atoms with Crippen molar-refractivity contribution in [3.05, 3.63) is 0 Å². The number of carbonyl (C=O) groups excluding carboxylic acids is 1. The minimum absolute atomic E-state index is 0.0113. The zero-order chi connectivity index (χ0) is 10.3. The lowest BCUT2D eigenvalue weighted by Crippen LogP contribution is -2.44. The Hall–Kier alpha value is -0.570. The van der Waals surface area contributed by atoms with Crippen molar-refractivity contribution in [3.63, 3.8) is 0 Å². The van der Waals surface area contributed by atoms with Gasteiger partial charge in [-0.15, -0.1) is 0 Å². The van der Waals surface area contributed by atoms with E-state index >= 15 is 0 Å². The SMILES string of the molecule is CCCC(C)NC(=O)C(N)CCC. The first-order valence-electron chi connectivity index (χ1n) is 5.17. The zero-order valence-corrected chi connectivity index (χ0v) is 8.97. The van der Waals surface area contributed by atoms with Gasteiger partial charge in [-0.25, -0.2) is 0 Å². The highest BCUT2D eigenvalue weighted by Crippen LogP contribution is 1.97. The smallest absolute Gasteiger partial charge is 0.237 e. The van der Waals surface area contributed by atoms with Crippen LogP contribution < -0.4 is 11.1 Å². The Morgan fingerprint density at radius 3 is 2.31 bits per heavy atom. The van der Waals surface area contributed by atoms with Crippen LogP contribution in [-0.4, -0.2) is 18.0 Å². The number of hydrogen-bond donors (Lipinski definition) is 2. The van der Waals surface area contributed by atoms with Gasteiger partial charge in [0.05, 0.1) is 6.04 Å². The minimum Gasteiger partial charge on any atom is -0.352 e. The second kappa shape index (κ2) is 6.89. The number of rotatable bonds is 6. The molecule has 0 spiro atoms. The molecule has 0 saturated carbocycles. The summed E-state index contributed by atoms with van der Waals surface area (Å²) in [5.74, 6) is -0.0113. The average Bonchev–Trinajstić information content (AvgIpc) is 2.05. The van der Waals surface area contributed by atoms with Crippen molar-refractivity contribution in [1.82, 2.24) is 5.32 Å². The molecule has 0 aliphatic heterocycles. The van der Waals surface area contributed by atoms with Crippen LogP contribution in [0.15, 0.2) is 0 Å². The minimum atomic E-state index is -0.329. The lowest BCUT2D eigenvalue weighted by Gasteiger charge is -2.16. The lowest BCUT2D eigenvalue weighted by atomic mass is 10.1. The van der Waals surface area contributed by atoms with Crippen molar-refractivity contribution in [1.29, 1.82) is 0 Å². The molecular weight excluding hydrogens is 164 g/mol. The molecule has 3 heteroatoms. The molecule has 3 N–H and O–H groups in total. The fourth-order valence-electron chi connectivity index (χ4n) is 1.30. The molecule has 0 rings (SSSR count). The molecule has 1 amide bonds. The standard InChI is InChI=1S/C10H22N2O/c1-4-6-8(3)12-10(13)9(11)7-5-2/h8-9H,4-7,11H2,1-3H3,(H,12,13). The van der Waals surface area contributed by atoms with Gasteiger partial charge < -0.3 is 11.1 Å². The molecule has 2 unspecified atom stereocenters. The van der Waals surface area contributed by atoms with Gasteiger partial charge >= 0.3 is 0 Å². The molecule has 0 heterocycles. The molecule has 3 nitrogen and oxygen atoms in total. The summed E-state index contributed by atoms with van der Waals surface area (Å²) in [4.78, 5) is 11.4. The number of nitrogens with one attached hydrogen (secondary N) is 1. The Morgan fingerprint density at radius 2 is 1.85 bits per heavy atom. The molecule has 0 bridgehead atoms. The summed E-state index contributed by atoms with van der Waals surface area (Å²) in [5.41, 5.74) is 5.66. The van der Waals surface area contributed by atoms with Crippen molar-refractivity contribution >= 4 is 5.91 Å². The summed E-state index contributed by atoms with van der Waals surface area (Å²) in [6.07, 6.45) is 3.83. The summed E-state index contributed by atoms with van der Waals surface area (Å²) in [7, 11) is 0. The van der Waals surface area contributed by atoms with Crippen LogP contribution in [0, 0.1) is 0 Å². The van der Waals surface area contributed by atoms with E-state index in [1.807, 2.05) is 13.8 Å². The third-order valence-electron chi connectivity index (χ3n) is 2.05. The van der Waals surface area contributed by atoms with E-state index in [4.69, 9.17) is 5.73 Å². The molecule has 13 heavy (non-hydrogen) atoms. The maximum atomic E-state index is 11.4. The van der Waals surface area contributed by atoms with E-state index < -0.39 is 0 Å². The molecule has 0 aromatic rings. The number of amides is 1. The third kappa shape index (κ3) is 5.64. The van der Waals surface area contributed by atoms with Gasteiger partial charge in [-0.3, -0.25) is 4.79 Å². The van der Waals surface area contributed by atoms with Crippen molar-refractivity contribution < 1.29 is 4.79 Å². The summed E-state index contributed by atoms with van der Waals surface area (Å²) in [5, 5.41) is 2.90. The van der Waals surface area contributed by atoms with Gasteiger partial charge in [-0.05, 0) is 19.8 Å². The monoisotopic (exact) mass is 186 g/mol. The summed E-state index contributed by atoms with van der Waals surface area (Å²) >= 11 is 0. The van der Waals surface area contributed by atoms with Crippen molar-refractivity contribution in [3.8, 4) is 0 Å². The number of hydrogen-bond acceptors (Lipinski definition) is 2. The number of nitrogens with two attached hydrogens (primary N) is 1. The van der Waals surface area contributed by atoms with Crippen LogP contribution in [0.3, 0.4) is 0 Å². The van der Waals surface area contributed by atoms with Gasteiger partial charge in [0, 0.05) is 6.04 Å². The maximum absolute atomic E-state index is 11.4. The molecule has 0 aromatic heterocycles. The predicted octanol–water partition coefficient (Wildman–Crippen LogP) is 1.42. The van der Waals surface area contributed by atoms with Crippen LogP contribution in [0.4, 0.5) is 0 Å². The van der Waals surface area contributed by atoms with Crippen molar-refractivity contribution in [2.45, 2.75) is 58.5 Å². The van der Waals surface area contributed by atoms with E-state index in [-0.39, 0.29) is 18.0 Å². The van der Waals surface area contributed by atoms with Gasteiger partial charge in [0.2, 0.25) is 5.91 Å². The molecule has 0 saturated heterocycles. The molecule has 78 valence electrons. The summed E-state index contributed by atoms with van der Waals surface area (Å²) in [6, 6.07) is -0.0790. The fraction of sp³-hybridized carbons (Fsp3) is 0.900. The van der Waals surface area contributed by atoms with Crippen LogP contribution in [0.1, 0.15) is 46.5 Å². The topological polar surface area (TPSA) is 55.1 Å². The van der Waals surface area contributed by atoms with Crippen LogP contribution in [0.2, 0.25) is 0 Å². The molecular formula is C10H22N2O. The van der Waals surface area contributed by atoms with Gasteiger partial charge in [0.1, 0.15) is 0 Å². The molecule has 0 fully saturated rings. The molecule has 2 atom stereocenters. The fourth-order valence-corrected chi connectivity index (χ4v) is 1.30. The summed E-state index contributed by atoms with van der Waals surface area (Å²) in [6.45, 7) is 6.15. The lowest BCUT2D eigenvalue weighted by molar-refractivity contribution is -0.123. The second-order valence-electron chi connectivity index (χ2n) is 3.59. The average molecular weight is 186 g/mol. The molecule has 0 aromatic carbocycles. The van der Waals surface area contributed by atoms with Crippen LogP contribution in [0.5, 0.6) is 0 Å². The van der Waals surface area contributed by atoms with Crippen molar-refractivity contribution in [2.24, 2.45) is 5.73 Å². The Kier molecular flexibility index (Phi) is 6.59. The predicted molar refractivity (Wildman–Crippen MR) is 55.4 cm³/mol. The van der Waals surface area contributed by atoms with Crippen LogP contribution in [-0.2, 0) is 4.79 Å². The van der Waals surface area contributed by atoms with Crippen LogP contribution >= 0.6 is 0 Å². The van der Waals surface area contributed by atoms with Gasteiger partial charge in [-0.2, -0.15) is 0 Å². The first kappa shape index (κ1) is 12.4. The Balaban J connectivity index is 3.71. The Morgan fingerprint density at radius 1 is 1.31 bits per heavy atom. The highest BCUT2D eigenvalue weighted by atomic mass is 16.2. The molecule has 0 aliphatic rings. The van der Waals surface area contributed by atoms with Crippen molar-refractivity contribution in [2.75, 3.05) is 0 Å². The molecule has 0 aliphatic carbocycles. The van der Waals surface area contributed by atoms with E-state index in [1.165, 1.54) is 0 Å². The molecule has 0 radical (unpaired) electrons. The van der Waals surface area contributed by atoms with Gasteiger partial charge in [0.15, 0.2) is 0 Å². The Labute approximate surface area is 81.1 Å². The first-order valence-corrected chi connectivity index (χ1v) is 5.17. The highest BCUT2D eigenvalue weighted by Gasteiger charge is 2.13. The third-order valence-corrected chi connectivity index (χ3v) is 2.05. The summed E-state index contributed by atoms with van der Waals surface area (Å²) < 4.78 is 0. The largest absolute Gasteiger partial charge is 0.352 e. The van der Waals surface area contributed by atoms with E-state index in [2.05, 4.69) is 12.2 Å². The second-order valence-corrected chi connectivity index (χ2v) is 3.59. The van der Waals surface area contributed by atoms with E-state index in [1.54, 1.807) is 0 Å². The highest BCUT2D eigenvalue weighted by molar-refractivity contribution is 5.81. The van der Waals surface area contributed by atoms with Gasteiger partial charge in [0.25, 0.3) is 0 Å². The van der Waals surface area contributed by atoms with Gasteiger partial charge in [-0.1, -0.05) is 26.7 Å². The normalized spacial score (nSPS) is 15.1. The van der Waals surface area contributed by atoms with Crippen LogP contribution in [0.25, 0.3) is 0 Å². The van der Waals surface area contributed by atoms with E-state index in [9.17, 15) is 4.79 Å². The van der Waals surface area contributed by atoms with E-state index in [0.29, 0.717) is 0 Å².